The number of hydrogen-bond donors (Lipinski definition) is 0. The van der Waals surface area contributed by atoms with Gasteiger partial charge in [-0.3, -0.25) is 4.79 Å². The molecule has 0 atom stereocenters. The molecule has 128 valence electrons. The van der Waals surface area contributed by atoms with Gasteiger partial charge in [-0.2, -0.15) is 0 Å². The predicted octanol–water partition coefficient (Wildman–Crippen LogP) is -0.189. The minimum absolute atomic E-state index is 0. The molecule has 0 unspecified atom stereocenters. The van der Waals surface area contributed by atoms with E-state index >= 15 is 0 Å². The van der Waals surface area contributed by atoms with Crippen LogP contribution in [0.5, 0.6) is 0 Å². The number of carbonyl (C=O) groups is 1. The fourth-order valence-electron chi connectivity index (χ4n) is 4.05. The highest BCUT2D eigenvalue weighted by molar-refractivity contribution is 5.88. The van der Waals surface area contributed by atoms with Crippen molar-refractivity contribution in [3.8, 4) is 0 Å². The first-order valence-corrected chi connectivity index (χ1v) is 8.70. The molecule has 1 aliphatic carbocycles. The molecule has 4 heteroatoms. The third-order valence-corrected chi connectivity index (χ3v) is 5.68. The van der Waals surface area contributed by atoms with Gasteiger partial charge in [0.2, 0.25) is 5.91 Å². The van der Waals surface area contributed by atoms with Crippen molar-refractivity contribution in [1.82, 2.24) is 4.90 Å². The molecule has 1 aromatic rings. The molecule has 0 N–H and O–H groups in total. The van der Waals surface area contributed by atoms with Gasteiger partial charge >= 0.3 is 0 Å². The first-order chi connectivity index (χ1) is 10.5. The molecule has 2 aliphatic rings. The average molecular weight is 428 g/mol. The number of nitrogens with zero attached hydrogens (tertiary/aromatic N) is 2. The van der Waals surface area contributed by atoms with Crippen molar-refractivity contribution in [2.45, 2.75) is 37.5 Å². The Labute approximate surface area is 157 Å². The maximum absolute atomic E-state index is 13.4. The van der Waals surface area contributed by atoms with Crippen LogP contribution in [0, 0.1) is 0 Å². The van der Waals surface area contributed by atoms with Crippen LogP contribution in [-0.2, 0) is 10.2 Å². The zero-order chi connectivity index (χ0) is 15.6. The SMILES string of the molecule is C[N+]1(C)CCN(C(=O)C2(c3ccccc3)CCCCC2)CC1.[I-]. The van der Waals surface area contributed by atoms with E-state index in [1.54, 1.807) is 0 Å². The first kappa shape index (κ1) is 18.7. The van der Waals surface area contributed by atoms with Crippen LogP contribution >= 0.6 is 0 Å². The van der Waals surface area contributed by atoms with Crippen molar-refractivity contribution in [3.05, 3.63) is 35.9 Å². The van der Waals surface area contributed by atoms with Crippen LogP contribution in [0.25, 0.3) is 0 Å². The summed E-state index contributed by atoms with van der Waals surface area (Å²) in [5, 5.41) is 0. The van der Waals surface area contributed by atoms with E-state index in [1.165, 1.54) is 24.8 Å². The third kappa shape index (κ3) is 3.90. The number of halogens is 1. The highest BCUT2D eigenvalue weighted by atomic mass is 127. The van der Waals surface area contributed by atoms with E-state index in [0.29, 0.717) is 5.91 Å². The second-order valence-electron chi connectivity index (χ2n) is 7.68. The Kier molecular flexibility index (Phi) is 6.11. The normalized spacial score (nSPS) is 23.0. The zero-order valence-corrected chi connectivity index (χ0v) is 16.6. The van der Waals surface area contributed by atoms with Crippen molar-refractivity contribution in [2.24, 2.45) is 0 Å². The van der Waals surface area contributed by atoms with Gasteiger partial charge in [0.15, 0.2) is 0 Å². The molecular weight excluding hydrogens is 399 g/mol. The van der Waals surface area contributed by atoms with E-state index in [4.69, 9.17) is 0 Å². The number of quaternary nitrogens is 1. The molecule has 1 saturated carbocycles. The number of likely N-dealkylation sites (N-methyl/N-ethyl adjacent to an activating group) is 1. The number of piperazine rings is 1. The van der Waals surface area contributed by atoms with E-state index in [0.717, 1.165) is 43.5 Å². The molecular formula is C19H29IN2O. The number of benzene rings is 1. The lowest BCUT2D eigenvalue weighted by atomic mass is 9.68. The Morgan fingerprint density at radius 2 is 1.57 bits per heavy atom. The monoisotopic (exact) mass is 428 g/mol. The lowest BCUT2D eigenvalue weighted by Gasteiger charge is -2.44. The fourth-order valence-corrected chi connectivity index (χ4v) is 4.05. The van der Waals surface area contributed by atoms with Gasteiger partial charge in [0.05, 0.1) is 45.7 Å². The lowest BCUT2D eigenvalue weighted by molar-refractivity contribution is -0.894. The molecule has 1 saturated heterocycles. The molecule has 0 bridgehead atoms. The van der Waals surface area contributed by atoms with Crippen LogP contribution < -0.4 is 24.0 Å². The smallest absolute Gasteiger partial charge is 0.233 e. The molecule has 1 aromatic carbocycles. The van der Waals surface area contributed by atoms with Gasteiger partial charge in [-0.05, 0) is 18.4 Å². The van der Waals surface area contributed by atoms with Crippen molar-refractivity contribution in [1.29, 1.82) is 0 Å². The van der Waals surface area contributed by atoms with E-state index in [2.05, 4.69) is 43.3 Å². The summed E-state index contributed by atoms with van der Waals surface area (Å²) in [6.07, 6.45) is 5.66. The van der Waals surface area contributed by atoms with Gasteiger partial charge in [0.1, 0.15) is 0 Å². The molecule has 0 radical (unpaired) electrons. The number of amides is 1. The van der Waals surface area contributed by atoms with E-state index in [1.807, 2.05) is 6.07 Å². The van der Waals surface area contributed by atoms with Crippen molar-refractivity contribution in [2.75, 3.05) is 40.3 Å². The van der Waals surface area contributed by atoms with Crippen LogP contribution in [0.3, 0.4) is 0 Å². The maximum Gasteiger partial charge on any atom is 0.233 e. The van der Waals surface area contributed by atoms with E-state index in [9.17, 15) is 4.79 Å². The lowest BCUT2D eigenvalue weighted by Crippen LogP contribution is -3.00. The topological polar surface area (TPSA) is 20.3 Å². The van der Waals surface area contributed by atoms with Crippen molar-refractivity contribution >= 4 is 5.91 Å². The third-order valence-electron chi connectivity index (χ3n) is 5.68. The molecule has 0 spiro atoms. The van der Waals surface area contributed by atoms with Crippen LogP contribution in [0.4, 0.5) is 0 Å². The maximum atomic E-state index is 13.4. The van der Waals surface area contributed by atoms with Gasteiger partial charge in [0.25, 0.3) is 0 Å². The van der Waals surface area contributed by atoms with Crippen LogP contribution in [0.2, 0.25) is 0 Å². The fraction of sp³-hybridized carbons (Fsp3) is 0.632. The molecule has 1 aliphatic heterocycles. The number of carbonyl (C=O) groups excluding carboxylic acids is 1. The highest BCUT2D eigenvalue weighted by Crippen LogP contribution is 2.41. The van der Waals surface area contributed by atoms with Gasteiger partial charge in [-0.1, -0.05) is 49.6 Å². The minimum atomic E-state index is -0.256. The summed E-state index contributed by atoms with van der Waals surface area (Å²) in [5.74, 6) is 0.387. The van der Waals surface area contributed by atoms with Gasteiger partial charge in [-0.25, -0.2) is 0 Å². The second kappa shape index (κ2) is 7.51. The molecule has 3 nitrogen and oxygen atoms in total. The largest absolute Gasteiger partial charge is 1.00 e. The molecule has 1 heterocycles. The molecule has 2 fully saturated rings. The number of rotatable bonds is 2. The Bertz CT molecular complexity index is 513. The van der Waals surface area contributed by atoms with Crippen LogP contribution in [0.15, 0.2) is 30.3 Å². The van der Waals surface area contributed by atoms with Crippen molar-refractivity contribution in [3.63, 3.8) is 0 Å². The van der Waals surface area contributed by atoms with Gasteiger partial charge in [-0.15, -0.1) is 0 Å². The van der Waals surface area contributed by atoms with E-state index < -0.39 is 0 Å². The summed E-state index contributed by atoms with van der Waals surface area (Å²) in [4.78, 5) is 15.5. The standard InChI is InChI=1S/C19H29N2O.HI/c1-21(2)15-13-20(14-16-21)18(22)19(11-7-4-8-12-19)17-9-5-3-6-10-17;/h3,5-6,9-10H,4,7-8,11-16H2,1-2H3;1H/q+1;/p-1. The van der Waals surface area contributed by atoms with Crippen molar-refractivity contribution < 1.29 is 33.3 Å². The van der Waals surface area contributed by atoms with Crippen LogP contribution in [-0.4, -0.2) is 55.6 Å². The summed E-state index contributed by atoms with van der Waals surface area (Å²) >= 11 is 0. The molecule has 3 rings (SSSR count). The summed E-state index contributed by atoms with van der Waals surface area (Å²) < 4.78 is 1.03. The van der Waals surface area contributed by atoms with Crippen LogP contribution in [0.1, 0.15) is 37.7 Å². The summed E-state index contributed by atoms with van der Waals surface area (Å²) in [6, 6.07) is 10.5. The predicted molar refractivity (Wildman–Crippen MR) is 89.6 cm³/mol. The van der Waals surface area contributed by atoms with Gasteiger partial charge in [0, 0.05) is 0 Å². The molecule has 1 amide bonds. The Hall–Kier alpha value is -0.620. The Morgan fingerprint density at radius 3 is 2.13 bits per heavy atom. The van der Waals surface area contributed by atoms with Gasteiger partial charge < -0.3 is 33.4 Å². The van der Waals surface area contributed by atoms with E-state index in [-0.39, 0.29) is 29.4 Å². The first-order valence-electron chi connectivity index (χ1n) is 8.70. The Morgan fingerprint density at radius 1 is 1.00 bits per heavy atom. The minimum Gasteiger partial charge on any atom is -1.00 e. The Balaban J connectivity index is 0.00000192. The molecule has 23 heavy (non-hydrogen) atoms. The quantitative estimate of drug-likeness (QED) is 0.473. The molecule has 0 aromatic heterocycles. The summed E-state index contributed by atoms with van der Waals surface area (Å²) in [5.41, 5.74) is 0.979. The summed E-state index contributed by atoms with van der Waals surface area (Å²) in [7, 11) is 4.52. The summed E-state index contributed by atoms with van der Waals surface area (Å²) in [6.45, 7) is 3.94. The highest BCUT2D eigenvalue weighted by Gasteiger charge is 2.44. The second-order valence-corrected chi connectivity index (χ2v) is 7.68. The number of hydrogen-bond acceptors (Lipinski definition) is 1. The average Bonchev–Trinajstić information content (AvgIpc) is 2.56. The zero-order valence-electron chi connectivity index (χ0n) is 14.4.